The number of carbonyl (C=O) groups is 1. The van der Waals surface area contributed by atoms with Crippen LogP contribution in [0.3, 0.4) is 0 Å². The second-order valence-corrected chi connectivity index (χ2v) is 12.1. The average Bonchev–Trinajstić information content (AvgIpc) is 3.27. The smallest absolute Gasteiger partial charge is 0.418 e. The number of allylic oxidation sites excluding steroid dienone is 1. The molecule has 2 aliphatic rings. The Balaban J connectivity index is 0.00000114. The molecule has 0 saturated carbocycles. The number of rotatable bonds is 10. The summed E-state index contributed by atoms with van der Waals surface area (Å²) >= 11 is 6.21. The van der Waals surface area contributed by atoms with Crippen LogP contribution in [0.4, 0.5) is 24.5 Å². The van der Waals surface area contributed by atoms with E-state index < -0.39 is 23.2 Å². The van der Waals surface area contributed by atoms with Gasteiger partial charge in [0.25, 0.3) is 0 Å². The van der Waals surface area contributed by atoms with Crippen molar-refractivity contribution >= 4 is 28.9 Å². The lowest BCUT2D eigenvalue weighted by atomic mass is 9.73. The quantitative estimate of drug-likeness (QED) is 0.226. The summed E-state index contributed by atoms with van der Waals surface area (Å²) in [4.78, 5) is 16.6. The summed E-state index contributed by atoms with van der Waals surface area (Å²) in [5, 5.41) is 20.9. The Labute approximate surface area is 277 Å². The number of fused-ring (bicyclic) bond motifs is 2. The van der Waals surface area contributed by atoms with Crippen LogP contribution in [0.25, 0.3) is 0 Å². The molecule has 2 heterocycles. The number of alkyl halides is 3. The van der Waals surface area contributed by atoms with Crippen molar-refractivity contribution in [3.8, 4) is 5.75 Å². The second-order valence-electron chi connectivity index (χ2n) is 11.7. The van der Waals surface area contributed by atoms with Gasteiger partial charge in [0.15, 0.2) is 0 Å². The number of anilines is 2. The van der Waals surface area contributed by atoms with Gasteiger partial charge in [-0.1, -0.05) is 38.4 Å². The van der Waals surface area contributed by atoms with Crippen molar-refractivity contribution < 1.29 is 32.9 Å². The molecule has 0 bridgehead atoms. The molecule has 0 aromatic heterocycles. The van der Waals surface area contributed by atoms with E-state index in [2.05, 4.69) is 16.8 Å². The number of ether oxygens (including phenoxy) is 1. The Hall–Kier alpha value is -2.79. The summed E-state index contributed by atoms with van der Waals surface area (Å²) in [6, 6.07) is 7.84. The number of aliphatic hydroxyl groups excluding tert-OH is 2. The number of likely N-dealkylation sites (tertiary alicyclic amines) is 1. The summed E-state index contributed by atoms with van der Waals surface area (Å²) in [7, 11) is 1.61. The molecule has 4 rings (SSSR count). The number of likely N-dealkylation sites (N-methyl/N-ethyl adjacent to an activating group) is 1. The maximum absolute atomic E-state index is 14.3. The molecule has 0 aliphatic carbocycles. The maximum Gasteiger partial charge on any atom is 0.418 e. The SMILES string of the molecule is C=CC.CCC(C)c1cc(OCCN2CCC3(CC2)C(=O)Nc2ccc(Cl)cc23)cc(C(F)(F)F)c1N(C)C(CC)CO.CCO. The Bertz CT molecular complexity index is 1280. The molecule has 258 valence electrons. The molecule has 0 radical (unpaired) electrons. The van der Waals surface area contributed by atoms with Gasteiger partial charge < -0.3 is 25.2 Å². The van der Waals surface area contributed by atoms with Gasteiger partial charge in [0.1, 0.15) is 12.4 Å². The minimum Gasteiger partial charge on any atom is -0.492 e. The molecule has 1 saturated heterocycles. The predicted molar refractivity (Wildman–Crippen MR) is 181 cm³/mol. The zero-order valence-corrected chi connectivity index (χ0v) is 28.8. The lowest BCUT2D eigenvalue weighted by molar-refractivity contribution is -0.137. The van der Waals surface area contributed by atoms with Crippen molar-refractivity contribution in [2.45, 2.75) is 83.9 Å². The van der Waals surface area contributed by atoms with E-state index in [-0.39, 0.29) is 43.1 Å². The lowest BCUT2D eigenvalue weighted by Crippen LogP contribution is -2.47. The van der Waals surface area contributed by atoms with E-state index in [0.717, 1.165) is 17.3 Å². The molecule has 2 aromatic carbocycles. The van der Waals surface area contributed by atoms with Crippen molar-refractivity contribution in [3.63, 3.8) is 0 Å². The molecular formula is C35H51ClF3N3O4. The summed E-state index contributed by atoms with van der Waals surface area (Å²) in [6.45, 7) is 14.7. The van der Waals surface area contributed by atoms with Crippen LogP contribution in [0, 0.1) is 0 Å². The number of carbonyl (C=O) groups excluding carboxylic acids is 1. The summed E-state index contributed by atoms with van der Waals surface area (Å²) in [5.41, 5.74) is 1.06. The third-order valence-electron chi connectivity index (χ3n) is 8.71. The summed E-state index contributed by atoms with van der Waals surface area (Å²) < 4.78 is 48.9. The minimum absolute atomic E-state index is 0.00510. The first-order valence-electron chi connectivity index (χ1n) is 16.0. The fourth-order valence-corrected chi connectivity index (χ4v) is 6.13. The highest BCUT2D eigenvalue weighted by Gasteiger charge is 2.48. The zero-order valence-electron chi connectivity index (χ0n) is 28.0. The van der Waals surface area contributed by atoms with Gasteiger partial charge in [-0.25, -0.2) is 0 Å². The first kappa shape index (κ1) is 39.4. The van der Waals surface area contributed by atoms with Crippen molar-refractivity contribution in [3.05, 3.63) is 64.7 Å². The van der Waals surface area contributed by atoms with E-state index in [1.165, 1.54) is 0 Å². The zero-order chi connectivity index (χ0) is 34.7. The number of nitrogens with one attached hydrogen (secondary N) is 1. The molecule has 2 aromatic rings. The maximum atomic E-state index is 14.3. The Morgan fingerprint density at radius 3 is 2.28 bits per heavy atom. The molecule has 46 heavy (non-hydrogen) atoms. The highest BCUT2D eigenvalue weighted by Crippen LogP contribution is 2.46. The Morgan fingerprint density at radius 1 is 1.15 bits per heavy atom. The topological polar surface area (TPSA) is 85.3 Å². The van der Waals surface area contributed by atoms with Gasteiger partial charge in [-0.15, -0.1) is 6.58 Å². The molecular weight excluding hydrogens is 619 g/mol. The van der Waals surface area contributed by atoms with Crippen LogP contribution in [-0.2, 0) is 16.4 Å². The van der Waals surface area contributed by atoms with Gasteiger partial charge in [-0.3, -0.25) is 9.69 Å². The molecule has 1 spiro atoms. The van der Waals surface area contributed by atoms with Crippen LogP contribution in [0.15, 0.2) is 43.0 Å². The molecule has 1 amide bonds. The van der Waals surface area contributed by atoms with Crippen molar-refractivity contribution in [1.82, 2.24) is 4.90 Å². The summed E-state index contributed by atoms with van der Waals surface area (Å²) in [5.74, 6) is 0.0454. The largest absolute Gasteiger partial charge is 0.492 e. The fourth-order valence-electron chi connectivity index (χ4n) is 5.96. The third-order valence-corrected chi connectivity index (χ3v) is 8.95. The number of benzene rings is 2. The average molecular weight is 670 g/mol. The van der Waals surface area contributed by atoms with Gasteiger partial charge in [0.05, 0.1) is 29.3 Å². The van der Waals surface area contributed by atoms with Gasteiger partial charge in [-0.05, 0) is 100.0 Å². The number of hydrogen-bond acceptors (Lipinski definition) is 6. The van der Waals surface area contributed by atoms with Gasteiger partial charge in [-0.2, -0.15) is 13.2 Å². The van der Waals surface area contributed by atoms with E-state index >= 15 is 0 Å². The fraction of sp³-hybridized carbons (Fsp3) is 0.571. The predicted octanol–water partition coefficient (Wildman–Crippen LogP) is 7.64. The lowest BCUT2D eigenvalue weighted by Gasteiger charge is -2.38. The van der Waals surface area contributed by atoms with Crippen LogP contribution in [0.5, 0.6) is 5.75 Å². The Morgan fingerprint density at radius 2 is 1.76 bits per heavy atom. The second kappa shape index (κ2) is 17.9. The number of piperidine rings is 1. The molecule has 2 unspecified atom stereocenters. The first-order chi connectivity index (χ1) is 21.8. The number of amides is 1. The van der Waals surface area contributed by atoms with Crippen molar-refractivity contribution in [1.29, 1.82) is 0 Å². The molecule has 3 N–H and O–H groups in total. The molecule has 7 nitrogen and oxygen atoms in total. The standard InChI is InChI=1S/C30H39ClF3N3O3.C3H6.C2H6O/c1-5-19(3)23-16-22(17-25(30(32,33)34)27(23)36(4)21(6-2)18-38)40-14-13-37-11-9-29(10-12-37)24-15-20(31)7-8-26(24)35-28(29)39;1-3-2;1-2-3/h7-8,15-17,19,21,38H,5-6,9-14,18H2,1-4H3,(H,35,39);3H,1H2,2H3;3H,2H2,1H3. The van der Waals surface area contributed by atoms with E-state index in [4.69, 9.17) is 21.4 Å². The minimum atomic E-state index is -4.58. The normalized spacial score (nSPS) is 16.7. The van der Waals surface area contributed by atoms with E-state index in [1.807, 2.05) is 39.8 Å². The molecule has 2 atom stereocenters. The van der Waals surface area contributed by atoms with E-state index in [1.54, 1.807) is 37.1 Å². The third kappa shape index (κ3) is 9.40. The number of aliphatic hydroxyl groups is 2. The summed E-state index contributed by atoms with van der Waals surface area (Å²) in [6.07, 6.45) is -0.393. The van der Waals surface area contributed by atoms with Crippen LogP contribution >= 0.6 is 11.6 Å². The van der Waals surface area contributed by atoms with Crippen molar-refractivity contribution in [2.75, 3.05) is 56.7 Å². The molecule has 2 aliphatic heterocycles. The highest BCUT2D eigenvalue weighted by molar-refractivity contribution is 6.31. The van der Waals surface area contributed by atoms with Gasteiger partial charge in [0, 0.05) is 30.9 Å². The highest BCUT2D eigenvalue weighted by atomic mass is 35.5. The first-order valence-corrected chi connectivity index (χ1v) is 16.4. The van der Waals surface area contributed by atoms with Gasteiger partial charge >= 0.3 is 6.18 Å². The van der Waals surface area contributed by atoms with Crippen LogP contribution in [-0.4, -0.2) is 73.6 Å². The monoisotopic (exact) mass is 669 g/mol. The number of halogens is 4. The van der Waals surface area contributed by atoms with Crippen molar-refractivity contribution in [2.24, 2.45) is 0 Å². The number of hydrogen-bond donors (Lipinski definition) is 3. The van der Waals surface area contributed by atoms with Gasteiger partial charge in [0.2, 0.25) is 5.91 Å². The van der Waals surface area contributed by atoms with E-state index in [9.17, 15) is 23.1 Å². The van der Waals surface area contributed by atoms with Crippen LogP contribution in [0.2, 0.25) is 5.02 Å². The molecule has 1 fully saturated rings. The van der Waals surface area contributed by atoms with Crippen LogP contribution in [0.1, 0.15) is 82.9 Å². The van der Waals surface area contributed by atoms with Crippen LogP contribution < -0.4 is 15.0 Å². The molecule has 11 heteroatoms. The Kier molecular flexibility index (Phi) is 15.4. The van der Waals surface area contributed by atoms with E-state index in [0.29, 0.717) is 55.9 Å². The number of nitrogens with zero attached hydrogens (tertiary/aromatic N) is 2.